The van der Waals surface area contributed by atoms with Gasteiger partial charge in [-0.05, 0) is 58.0 Å². The Morgan fingerprint density at radius 3 is 2.07 bits per heavy atom. The van der Waals surface area contributed by atoms with Gasteiger partial charge in [0.15, 0.2) is 0 Å². The van der Waals surface area contributed by atoms with Gasteiger partial charge >= 0.3 is 0 Å². The van der Waals surface area contributed by atoms with Crippen LogP contribution >= 0.6 is 0 Å². The molecule has 1 nitrogen and oxygen atoms in total. The summed E-state index contributed by atoms with van der Waals surface area (Å²) >= 11 is 0. The molecule has 30 heavy (non-hydrogen) atoms. The topological polar surface area (TPSA) is 3.24 Å². The molecule has 0 aliphatic rings. The van der Waals surface area contributed by atoms with Gasteiger partial charge in [-0.3, -0.25) is 0 Å². The lowest BCUT2D eigenvalue weighted by atomic mass is 9.98. The highest BCUT2D eigenvalue weighted by Gasteiger charge is 2.15. The third-order valence-electron chi connectivity index (χ3n) is 5.79. The molecule has 0 aliphatic carbocycles. The summed E-state index contributed by atoms with van der Waals surface area (Å²) in [5.74, 6) is 0.533. The van der Waals surface area contributed by atoms with Crippen molar-refractivity contribution in [3.63, 3.8) is 0 Å². The van der Waals surface area contributed by atoms with Crippen LogP contribution in [0.3, 0.4) is 0 Å². The Labute approximate surface area is 178 Å². The number of hydrogen-bond acceptors (Lipinski definition) is 1. The summed E-state index contributed by atoms with van der Waals surface area (Å²) in [6.45, 7) is 4.49. The lowest BCUT2D eigenvalue weighted by molar-refractivity contribution is 0.869. The number of hydrogen-bond donors (Lipinski definition) is 0. The van der Waals surface area contributed by atoms with Gasteiger partial charge < -0.3 is 4.90 Å². The molecule has 0 aliphatic heterocycles. The molecule has 5 rings (SSSR count). The average molecular weight is 388 g/mol. The van der Waals surface area contributed by atoms with Crippen molar-refractivity contribution in [3.8, 4) is 0 Å². The molecular formula is C29H25N. The van der Waals surface area contributed by atoms with Crippen molar-refractivity contribution < 1.29 is 0 Å². The fraction of sp³-hybridized carbons (Fsp3) is 0.103. The van der Waals surface area contributed by atoms with Crippen LogP contribution in [0.25, 0.3) is 21.5 Å². The highest BCUT2D eigenvalue weighted by Crippen LogP contribution is 2.39. The van der Waals surface area contributed by atoms with Crippen molar-refractivity contribution in [1.29, 1.82) is 0 Å². The molecule has 5 aromatic carbocycles. The van der Waals surface area contributed by atoms with Crippen LogP contribution in [0.1, 0.15) is 25.3 Å². The third-order valence-corrected chi connectivity index (χ3v) is 5.79. The second kappa shape index (κ2) is 7.68. The van der Waals surface area contributed by atoms with E-state index < -0.39 is 0 Å². The number of rotatable bonds is 4. The van der Waals surface area contributed by atoms with Crippen molar-refractivity contribution in [2.75, 3.05) is 4.90 Å². The molecule has 0 bridgehead atoms. The molecule has 0 saturated heterocycles. The summed E-state index contributed by atoms with van der Waals surface area (Å²) in [4.78, 5) is 2.36. The first-order valence-corrected chi connectivity index (χ1v) is 10.6. The van der Waals surface area contributed by atoms with Crippen LogP contribution in [0.15, 0.2) is 109 Å². The Morgan fingerprint density at radius 1 is 0.533 bits per heavy atom. The van der Waals surface area contributed by atoms with Gasteiger partial charge in [-0.2, -0.15) is 0 Å². The molecule has 1 heteroatoms. The molecule has 0 amide bonds. The van der Waals surface area contributed by atoms with Crippen LogP contribution in [0, 0.1) is 0 Å². The second-order valence-corrected chi connectivity index (χ2v) is 8.11. The van der Waals surface area contributed by atoms with Crippen LogP contribution in [-0.4, -0.2) is 0 Å². The van der Waals surface area contributed by atoms with Gasteiger partial charge in [-0.1, -0.05) is 92.7 Å². The molecule has 0 spiro atoms. The van der Waals surface area contributed by atoms with Crippen molar-refractivity contribution in [2.45, 2.75) is 19.8 Å². The lowest BCUT2D eigenvalue weighted by Gasteiger charge is -2.27. The first-order chi connectivity index (χ1) is 14.7. The summed E-state index contributed by atoms with van der Waals surface area (Å²) in [5, 5.41) is 5.05. The molecule has 0 fully saturated rings. The summed E-state index contributed by atoms with van der Waals surface area (Å²) in [5.41, 5.74) is 4.90. The molecule has 0 N–H and O–H groups in total. The fourth-order valence-electron chi connectivity index (χ4n) is 4.16. The first-order valence-electron chi connectivity index (χ1n) is 10.6. The van der Waals surface area contributed by atoms with E-state index in [0.29, 0.717) is 5.92 Å². The Morgan fingerprint density at radius 2 is 1.23 bits per heavy atom. The normalized spacial score (nSPS) is 11.3. The van der Waals surface area contributed by atoms with Gasteiger partial charge in [0.2, 0.25) is 0 Å². The maximum atomic E-state index is 2.36. The zero-order valence-electron chi connectivity index (χ0n) is 17.4. The van der Waals surface area contributed by atoms with Gasteiger partial charge in [0.25, 0.3) is 0 Å². The Bertz CT molecular complexity index is 1310. The van der Waals surface area contributed by atoms with Crippen molar-refractivity contribution in [1.82, 2.24) is 0 Å². The zero-order chi connectivity index (χ0) is 20.5. The van der Waals surface area contributed by atoms with E-state index in [2.05, 4.69) is 128 Å². The van der Waals surface area contributed by atoms with E-state index in [1.165, 1.54) is 38.5 Å². The van der Waals surface area contributed by atoms with Crippen LogP contribution in [0.4, 0.5) is 17.1 Å². The van der Waals surface area contributed by atoms with Crippen LogP contribution < -0.4 is 4.90 Å². The average Bonchev–Trinajstić information content (AvgIpc) is 2.80. The van der Waals surface area contributed by atoms with E-state index >= 15 is 0 Å². The number of fused-ring (bicyclic) bond motifs is 2. The quantitative estimate of drug-likeness (QED) is 0.298. The van der Waals surface area contributed by atoms with Crippen molar-refractivity contribution in [3.05, 3.63) is 115 Å². The third kappa shape index (κ3) is 3.33. The minimum Gasteiger partial charge on any atom is -0.310 e. The molecule has 0 unspecified atom stereocenters. The number of para-hydroxylation sites is 1. The SMILES string of the molecule is CC(C)c1ccc2cc(N(c3ccccc3)c3cccc4ccccc34)ccc2c1. The maximum absolute atomic E-state index is 2.36. The second-order valence-electron chi connectivity index (χ2n) is 8.11. The molecule has 5 aromatic rings. The highest BCUT2D eigenvalue weighted by molar-refractivity contribution is 6.00. The van der Waals surface area contributed by atoms with Crippen molar-refractivity contribution >= 4 is 38.6 Å². The van der Waals surface area contributed by atoms with E-state index in [0.717, 1.165) is 5.69 Å². The van der Waals surface area contributed by atoms with Crippen LogP contribution in [0.2, 0.25) is 0 Å². The highest BCUT2D eigenvalue weighted by atomic mass is 15.1. The maximum Gasteiger partial charge on any atom is 0.0540 e. The minimum absolute atomic E-state index is 0.533. The van der Waals surface area contributed by atoms with E-state index in [4.69, 9.17) is 0 Å². The van der Waals surface area contributed by atoms with Gasteiger partial charge in [-0.15, -0.1) is 0 Å². The predicted molar refractivity (Wildman–Crippen MR) is 130 cm³/mol. The lowest BCUT2D eigenvalue weighted by Crippen LogP contribution is -2.10. The molecule has 0 saturated carbocycles. The molecule has 0 atom stereocenters. The Hall–Kier alpha value is -3.58. The Kier molecular flexibility index (Phi) is 4.72. The Balaban J connectivity index is 1.72. The predicted octanol–water partition coefficient (Wildman–Crippen LogP) is 8.59. The minimum atomic E-state index is 0.533. The summed E-state index contributed by atoms with van der Waals surface area (Å²) in [6.07, 6.45) is 0. The first kappa shape index (κ1) is 18.4. The molecule has 146 valence electrons. The van der Waals surface area contributed by atoms with Crippen LogP contribution in [-0.2, 0) is 0 Å². The summed E-state index contributed by atoms with van der Waals surface area (Å²) < 4.78 is 0. The van der Waals surface area contributed by atoms with E-state index in [1.807, 2.05) is 0 Å². The van der Waals surface area contributed by atoms with Gasteiger partial charge in [-0.25, -0.2) is 0 Å². The number of anilines is 3. The smallest absolute Gasteiger partial charge is 0.0540 e. The zero-order valence-corrected chi connectivity index (χ0v) is 17.4. The van der Waals surface area contributed by atoms with E-state index in [9.17, 15) is 0 Å². The van der Waals surface area contributed by atoms with Crippen LogP contribution in [0.5, 0.6) is 0 Å². The largest absolute Gasteiger partial charge is 0.310 e. The van der Waals surface area contributed by atoms with E-state index in [-0.39, 0.29) is 0 Å². The summed E-state index contributed by atoms with van der Waals surface area (Å²) in [6, 6.07) is 39.3. The van der Waals surface area contributed by atoms with Crippen molar-refractivity contribution in [2.24, 2.45) is 0 Å². The number of benzene rings is 5. The molecule has 0 aromatic heterocycles. The van der Waals surface area contributed by atoms with Gasteiger partial charge in [0.05, 0.1) is 5.69 Å². The van der Waals surface area contributed by atoms with E-state index in [1.54, 1.807) is 0 Å². The standard InChI is InChI=1S/C29H25N/c1-21(2)23-15-16-25-20-27(18-17-24(25)19-23)30(26-11-4-3-5-12-26)29-14-8-10-22-9-6-7-13-28(22)29/h3-21H,1-2H3. The fourth-order valence-corrected chi connectivity index (χ4v) is 4.16. The van der Waals surface area contributed by atoms with Gasteiger partial charge in [0, 0.05) is 16.8 Å². The monoisotopic (exact) mass is 387 g/mol. The number of nitrogens with zero attached hydrogens (tertiary/aromatic N) is 1. The van der Waals surface area contributed by atoms with Gasteiger partial charge in [0.1, 0.15) is 0 Å². The molecular weight excluding hydrogens is 362 g/mol. The molecule has 0 radical (unpaired) electrons. The summed E-state index contributed by atoms with van der Waals surface area (Å²) in [7, 11) is 0. The molecule has 0 heterocycles.